The number of hydrogen-bond donors (Lipinski definition) is 1. The van der Waals surface area contributed by atoms with E-state index >= 15 is 0 Å². The summed E-state index contributed by atoms with van der Waals surface area (Å²) in [5.74, 6) is 1.39. The molecule has 0 unspecified atom stereocenters. The maximum Gasteiger partial charge on any atom is 0.296 e. The van der Waals surface area contributed by atoms with E-state index in [2.05, 4.69) is 19.2 Å². The van der Waals surface area contributed by atoms with Crippen molar-refractivity contribution in [2.45, 2.75) is 32.2 Å². The number of nitro groups is 1. The van der Waals surface area contributed by atoms with Crippen molar-refractivity contribution in [3.63, 3.8) is 0 Å². The van der Waals surface area contributed by atoms with Gasteiger partial charge in [-0.25, -0.2) is 0 Å². The lowest BCUT2D eigenvalue weighted by molar-refractivity contribution is -0.384. The second-order valence-electron chi connectivity index (χ2n) is 5.60. The summed E-state index contributed by atoms with van der Waals surface area (Å²) >= 11 is 0. The van der Waals surface area contributed by atoms with E-state index in [1.807, 2.05) is 0 Å². The Labute approximate surface area is 118 Å². The Morgan fingerprint density at radius 1 is 1.25 bits per heavy atom. The van der Waals surface area contributed by atoms with Gasteiger partial charge in [0.15, 0.2) is 11.5 Å². The van der Waals surface area contributed by atoms with Crippen LogP contribution in [0, 0.1) is 16.0 Å². The second kappa shape index (κ2) is 5.19. The van der Waals surface area contributed by atoms with Crippen LogP contribution in [-0.2, 0) is 0 Å². The third-order valence-corrected chi connectivity index (χ3v) is 3.75. The molecule has 1 aliphatic rings. The lowest BCUT2D eigenvalue weighted by Gasteiger charge is -2.27. The van der Waals surface area contributed by atoms with Crippen LogP contribution in [0.3, 0.4) is 0 Å². The highest BCUT2D eigenvalue weighted by atomic mass is 16.6. The molecule has 0 aromatic heterocycles. The van der Waals surface area contributed by atoms with Gasteiger partial charge in [0.05, 0.1) is 25.2 Å². The lowest BCUT2D eigenvalue weighted by Crippen LogP contribution is -2.33. The monoisotopic (exact) mass is 280 g/mol. The molecule has 0 atom stereocenters. The van der Waals surface area contributed by atoms with Gasteiger partial charge in [-0.3, -0.25) is 10.1 Å². The largest absolute Gasteiger partial charge is 0.493 e. The molecule has 2 rings (SSSR count). The molecule has 0 heterocycles. The van der Waals surface area contributed by atoms with Gasteiger partial charge in [-0.1, -0.05) is 0 Å². The highest BCUT2D eigenvalue weighted by molar-refractivity contribution is 5.69. The van der Waals surface area contributed by atoms with Crippen molar-refractivity contribution >= 4 is 11.4 Å². The molecule has 0 radical (unpaired) electrons. The number of nitro benzene ring substituents is 1. The topological polar surface area (TPSA) is 73.6 Å². The van der Waals surface area contributed by atoms with Gasteiger partial charge in [0.25, 0.3) is 5.69 Å². The maximum atomic E-state index is 11.2. The summed E-state index contributed by atoms with van der Waals surface area (Å²) in [6, 6.07) is 3.02. The Morgan fingerprint density at radius 3 is 2.25 bits per heavy atom. The number of benzene rings is 1. The van der Waals surface area contributed by atoms with Crippen LogP contribution >= 0.6 is 0 Å². The molecular formula is C14H20N2O4. The molecule has 110 valence electrons. The summed E-state index contributed by atoms with van der Waals surface area (Å²) in [5, 5.41) is 14.5. The van der Waals surface area contributed by atoms with Crippen LogP contribution in [0.15, 0.2) is 12.1 Å². The minimum Gasteiger partial charge on any atom is -0.493 e. The van der Waals surface area contributed by atoms with Crippen molar-refractivity contribution in [2.75, 3.05) is 19.5 Å². The molecule has 1 saturated carbocycles. The van der Waals surface area contributed by atoms with Crippen molar-refractivity contribution in [3.05, 3.63) is 22.2 Å². The molecular weight excluding hydrogens is 260 g/mol. The van der Waals surface area contributed by atoms with E-state index in [9.17, 15) is 10.1 Å². The average molecular weight is 280 g/mol. The van der Waals surface area contributed by atoms with Crippen molar-refractivity contribution in [2.24, 2.45) is 5.92 Å². The van der Waals surface area contributed by atoms with Gasteiger partial charge in [-0.2, -0.15) is 0 Å². The molecule has 0 spiro atoms. The molecule has 1 aliphatic carbocycles. The predicted molar refractivity (Wildman–Crippen MR) is 76.6 cm³/mol. The van der Waals surface area contributed by atoms with E-state index in [0.29, 0.717) is 23.1 Å². The van der Waals surface area contributed by atoms with Gasteiger partial charge in [-0.05, 0) is 32.6 Å². The van der Waals surface area contributed by atoms with Gasteiger partial charge < -0.3 is 14.8 Å². The number of anilines is 1. The fourth-order valence-electron chi connectivity index (χ4n) is 2.37. The van der Waals surface area contributed by atoms with E-state index in [1.54, 1.807) is 6.07 Å². The SMILES string of the molecule is COc1cc(NC(C)(C)C2CC2)c([N+](=O)[O-])cc1OC. The summed E-state index contributed by atoms with van der Waals surface area (Å²) in [6.45, 7) is 4.12. The molecule has 0 amide bonds. The van der Waals surface area contributed by atoms with Crippen LogP contribution in [0.1, 0.15) is 26.7 Å². The number of rotatable bonds is 6. The summed E-state index contributed by atoms with van der Waals surface area (Å²) in [6.07, 6.45) is 2.31. The number of ether oxygens (including phenoxy) is 2. The Bertz CT molecular complexity index is 524. The van der Waals surface area contributed by atoms with E-state index in [0.717, 1.165) is 12.8 Å². The zero-order valence-corrected chi connectivity index (χ0v) is 12.2. The highest BCUT2D eigenvalue weighted by Crippen LogP contribution is 2.44. The third kappa shape index (κ3) is 2.79. The first-order valence-corrected chi connectivity index (χ1v) is 6.57. The third-order valence-electron chi connectivity index (χ3n) is 3.75. The van der Waals surface area contributed by atoms with Crippen molar-refractivity contribution in [1.29, 1.82) is 0 Å². The quantitative estimate of drug-likeness (QED) is 0.639. The number of methoxy groups -OCH3 is 2. The Kier molecular flexibility index (Phi) is 3.74. The fourth-order valence-corrected chi connectivity index (χ4v) is 2.37. The fraction of sp³-hybridized carbons (Fsp3) is 0.571. The van der Waals surface area contributed by atoms with E-state index in [-0.39, 0.29) is 11.2 Å². The van der Waals surface area contributed by atoms with Crippen LogP contribution < -0.4 is 14.8 Å². The van der Waals surface area contributed by atoms with Gasteiger partial charge >= 0.3 is 0 Å². The first kappa shape index (κ1) is 14.4. The number of nitrogens with one attached hydrogen (secondary N) is 1. The first-order chi connectivity index (χ1) is 9.39. The van der Waals surface area contributed by atoms with Crippen molar-refractivity contribution < 1.29 is 14.4 Å². The first-order valence-electron chi connectivity index (χ1n) is 6.57. The Balaban J connectivity index is 2.41. The smallest absolute Gasteiger partial charge is 0.296 e. The molecule has 1 N–H and O–H groups in total. The zero-order valence-electron chi connectivity index (χ0n) is 12.2. The van der Waals surface area contributed by atoms with Gasteiger partial charge in [-0.15, -0.1) is 0 Å². The van der Waals surface area contributed by atoms with Gasteiger partial charge in [0.1, 0.15) is 5.69 Å². The standard InChI is InChI=1S/C14H20N2O4/c1-14(2,9-5-6-9)15-10-7-12(19-3)13(20-4)8-11(10)16(17)18/h7-9,15H,5-6H2,1-4H3. The Hall–Kier alpha value is -1.98. The molecule has 0 saturated heterocycles. The van der Waals surface area contributed by atoms with E-state index < -0.39 is 4.92 Å². The molecule has 1 fully saturated rings. The van der Waals surface area contributed by atoms with Crippen molar-refractivity contribution in [1.82, 2.24) is 0 Å². The molecule has 20 heavy (non-hydrogen) atoms. The molecule has 1 aromatic carbocycles. The summed E-state index contributed by atoms with van der Waals surface area (Å²) < 4.78 is 10.3. The summed E-state index contributed by atoms with van der Waals surface area (Å²) in [4.78, 5) is 10.8. The normalized spacial score (nSPS) is 14.8. The van der Waals surface area contributed by atoms with Crippen molar-refractivity contribution in [3.8, 4) is 11.5 Å². The predicted octanol–water partition coefficient (Wildman–Crippen LogP) is 3.21. The number of nitrogens with zero attached hydrogens (tertiary/aromatic N) is 1. The van der Waals surface area contributed by atoms with Crippen LogP contribution in [0.25, 0.3) is 0 Å². The van der Waals surface area contributed by atoms with Gasteiger partial charge in [0, 0.05) is 11.6 Å². The molecule has 0 aliphatic heterocycles. The minimum atomic E-state index is -0.409. The molecule has 0 bridgehead atoms. The average Bonchev–Trinajstić information content (AvgIpc) is 3.22. The molecule has 1 aromatic rings. The summed E-state index contributed by atoms with van der Waals surface area (Å²) in [5.41, 5.74) is 0.283. The highest BCUT2D eigenvalue weighted by Gasteiger charge is 2.39. The Morgan fingerprint density at radius 2 is 1.80 bits per heavy atom. The van der Waals surface area contributed by atoms with Gasteiger partial charge in [0.2, 0.25) is 0 Å². The summed E-state index contributed by atoms with van der Waals surface area (Å²) in [7, 11) is 2.97. The molecule has 6 heteroatoms. The van der Waals surface area contributed by atoms with E-state index in [1.165, 1.54) is 20.3 Å². The second-order valence-corrected chi connectivity index (χ2v) is 5.60. The number of hydrogen-bond acceptors (Lipinski definition) is 5. The maximum absolute atomic E-state index is 11.2. The zero-order chi connectivity index (χ0) is 14.9. The van der Waals surface area contributed by atoms with Crippen LogP contribution in [0.5, 0.6) is 11.5 Å². The van der Waals surface area contributed by atoms with E-state index in [4.69, 9.17) is 9.47 Å². The lowest BCUT2D eigenvalue weighted by atomic mass is 9.98. The minimum absolute atomic E-state index is 0.00336. The van der Waals surface area contributed by atoms with Crippen LogP contribution in [0.4, 0.5) is 11.4 Å². The molecule has 6 nitrogen and oxygen atoms in total. The van der Waals surface area contributed by atoms with Crippen LogP contribution in [-0.4, -0.2) is 24.7 Å². The van der Waals surface area contributed by atoms with Crippen LogP contribution in [0.2, 0.25) is 0 Å².